The number of benzene rings is 1. The molecule has 2 aromatic rings. The summed E-state index contributed by atoms with van der Waals surface area (Å²) >= 11 is 0. The molecule has 1 aliphatic rings. The lowest BCUT2D eigenvalue weighted by molar-refractivity contribution is -0.385. The molecular weight excluding hydrogens is 488 g/mol. The number of hydrogen-bond donors (Lipinski definition) is 2. The van der Waals surface area contributed by atoms with Crippen LogP contribution >= 0.6 is 0 Å². The Morgan fingerprint density at radius 1 is 1.33 bits per heavy atom. The number of esters is 1. The van der Waals surface area contributed by atoms with Crippen molar-refractivity contribution in [1.82, 2.24) is 9.66 Å². The summed E-state index contributed by atoms with van der Waals surface area (Å²) in [6.45, 7) is 8.68. The van der Waals surface area contributed by atoms with E-state index in [1.165, 1.54) is 4.68 Å². The van der Waals surface area contributed by atoms with E-state index in [-0.39, 0.29) is 35.1 Å². The van der Waals surface area contributed by atoms with Crippen LogP contribution in [-0.4, -0.2) is 41.6 Å². The highest BCUT2D eigenvalue weighted by Crippen LogP contribution is 2.36. The quantitative estimate of drug-likeness (QED) is 0.173. The summed E-state index contributed by atoms with van der Waals surface area (Å²) < 4.78 is 35.3. The maximum atomic E-state index is 13.8. The number of sulfonamides is 1. The zero-order valence-corrected chi connectivity index (χ0v) is 22.0. The molecule has 198 valence electrons. The number of nitrogens with zero attached hydrogens (tertiary/aromatic N) is 4. The van der Waals surface area contributed by atoms with Gasteiger partial charge in [-0.05, 0) is 50.5 Å². The highest BCUT2D eigenvalue weighted by Gasteiger charge is 2.37. The molecule has 1 aromatic carbocycles. The van der Waals surface area contributed by atoms with Crippen molar-refractivity contribution in [2.75, 3.05) is 22.4 Å². The Morgan fingerprint density at radius 2 is 2.00 bits per heavy atom. The molecule has 0 saturated heterocycles. The van der Waals surface area contributed by atoms with Crippen LogP contribution in [0.1, 0.15) is 51.6 Å². The second-order valence-electron chi connectivity index (χ2n) is 9.78. The largest absolute Gasteiger partial charge is 0.461 e. The molecule has 0 spiro atoms. The van der Waals surface area contributed by atoms with Crippen LogP contribution in [0.25, 0.3) is 0 Å². The molecule has 0 aliphatic heterocycles. The second kappa shape index (κ2) is 10.3. The van der Waals surface area contributed by atoms with Crippen molar-refractivity contribution in [1.29, 1.82) is 0 Å². The molecule has 1 saturated carbocycles. The van der Waals surface area contributed by atoms with Gasteiger partial charge in [-0.25, -0.2) is 22.4 Å². The van der Waals surface area contributed by atoms with E-state index in [9.17, 15) is 23.3 Å². The van der Waals surface area contributed by atoms with Crippen molar-refractivity contribution >= 4 is 33.2 Å². The first-order chi connectivity index (χ1) is 16.7. The zero-order chi connectivity index (χ0) is 26.9. The molecule has 3 rings (SSSR count). The molecule has 1 aromatic heterocycles. The summed E-state index contributed by atoms with van der Waals surface area (Å²) in [4.78, 5) is 27.5. The van der Waals surface area contributed by atoms with Gasteiger partial charge in [-0.15, -0.1) is 0 Å². The van der Waals surface area contributed by atoms with Gasteiger partial charge in [0.1, 0.15) is 23.4 Å². The number of nitro benzene ring substituents is 1. The van der Waals surface area contributed by atoms with Crippen LogP contribution in [0.4, 0.5) is 17.2 Å². The van der Waals surface area contributed by atoms with Gasteiger partial charge in [-0.3, -0.25) is 14.9 Å². The Bertz CT molecular complexity index is 1260. The molecule has 36 heavy (non-hydrogen) atoms. The van der Waals surface area contributed by atoms with Crippen LogP contribution in [-0.2, 0) is 19.6 Å². The minimum atomic E-state index is -4.57. The lowest BCUT2D eigenvalue weighted by Gasteiger charge is -2.37. The number of aryl methyl sites for hydroxylation is 1. The van der Waals surface area contributed by atoms with Gasteiger partial charge in [-0.2, -0.15) is 0 Å². The summed E-state index contributed by atoms with van der Waals surface area (Å²) in [5, 5.41) is 11.3. The van der Waals surface area contributed by atoms with E-state index < -0.39 is 38.0 Å². The number of ether oxygens (including phenoxy) is 1. The fourth-order valence-electron chi connectivity index (χ4n) is 4.70. The highest BCUT2D eigenvalue weighted by atomic mass is 32.2. The van der Waals surface area contributed by atoms with Gasteiger partial charge in [-0.1, -0.05) is 27.2 Å². The normalized spacial score (nSPS) is 20.3. The number of carbonyl (C=O) groups is 1. The summed E-state index contributed by atoms with van der Waals surface area (Å²) in [5.74, 6) is 6.26. The third-order valence-electron chi connectivity index (χ3n) is 6.83. The van der Waals surface area contributed by atoms with E-state index in [1.54, 1.807) is 13.8 Å². The van der Waals surface area contributed by atoms with E-state index in [0.29, 0.717) is 18.2 Å². The lowest BCUT2D eigenvalue weighted by atomic mass is 9.75. The van der Waals surface area contributed by atoms with Gasteiger partial charge in [0.25, 0.3) is 15.7 Å². The van der Waals surface area contributed by atoms with Gasteiger partial charge < -0.3 is 16.3 Å². The average Bonchev–Trinajstić information content (AvgIpc) is 3.04. The Balaban J connectivity index is 2.02. The molecule has 1 aliphatic carbocycles. The maximum absolute atomic E-state index is 13.8. The molecule has 0 radical (unpaired) electrons. The first kappa shape index (κ1) is 27.2. The number of nitrogens with two attached hydrogens (primary N) is 2. The van der Waals surface area contributed by atoms with Crippen LogP contribution < -0.4 is 15.9 Å². The first-order valence-corrected chi connectivity index (χ1v) is 13.2. The standard InChI is InChI=1S/C23H34N6O6S/c1-13(2)18-8-6-14(3)10-20(18)35-22(30)12-27(23-15(4)28(25)16(5)26-23)36(33,34)21-11-17(29(31)32)7-9-19(21)24/h7,9,11,13-14,18,20H,6,8,10,12,24-25H2,1-5H3. The number of nitro groups is 1. The van der Waals surface area contributed by atoms with E-state index in [4.69, 9.17) is 16.3 Å². The van der Waals surface area contributed by atoms with Crippen molar-refractivity contribution in [3.8, 4) is 0 Å². The SMILES string of the molecule is Cc1nc(N(CC(=O)OC2CC(C)CCC2C(C)C)S(=O)(=O)c2cc([N+](=O)[O-])ccc2N)c(C)n1N. The van der Waals surface area contributed by atoms with Crippen LogP contribution in [0.5, 0.6) is 0 Å². The fraction of sp³-hybridized carbons (Fsp3) is 0.565. The minimum absolute atomic E-state index is 0.0877. The molecule has 4 N–H and O–H groups in total. The first-order valence-electron chi connectivity index (χ1n) is 11.8. The van der Waals surface area contributed by atoms with Crippen molar-refractivity contribution in [3.05, 3.63) is 39.8 Å². The molecule has 1 heterocycles. The van der Waals surface area contributed by atoms with Crippen LogP contribution in [0.3, 0.4) is 0 Å². The van der Waals surface area contributed by atoms with E-state index in [2.05, 4.69) is 25.8 Å². The topological polar surface area (TPSA) is 177 Å². The monoisotopic (exact) mass is 522 g/mol. The predicted molar refractivity (Wildman–Crippen MR) is 135 cm³/mol. The number of imidazole rings is 1. The predicted octanol–water partition coefficient (Wildman–Crippen LogP) is 2.90. The summed E-state index contributed by atoms with van der Waals surface area (Å²) in [5.41, 5.74) is 5.53. The Hall–Kier alpha value is -3.35. The van der Waals surface area contributed by atoms with Gasteiger partial charge in [0.2, 0.25) is 0 Å². The summed E-state index contributed by atoms with van der Waals surface area (Å²) in [6, 6.07) is 3.10. The second-order valence-corrected chi connectivity index (χ2v) is 11.6. The number of rotatable bonds is 8. The van der Waals surface area contributed by atoms with E-state index in [1.807, 2.05) is 0 Å². The molecule has 0 bridgehead atoms. The van der Waals surface area contributed by atoms with Gasteiger partial charge in [0.05, 0.1) is 16.3 Å². The zero-order valence-electron chi connectivity index (χ0n) is 21.2. The van der Waals surface area contributed by atoms with Crippen molar-refractivity contribution in [2.45, 2.75) is 64.9 Å². The lowest BCUT2D eigenvalue weighted by Crippen LogP contribution is -2.41. The van der Waals surface area contributed by atoms with E-state index >= 15 is 0 Å². The molecule has 3 atom stereocenters. The third kappa shape index (κ3) is 5.40. The molecule has 0 amide bonds. The highest BCUT2D eigenvalue weighted by molar-refractivity contribution is 7.93. The van der Waals surface area contributed by atoms with Gasteiger partial charge in [0.15, 0.2) is 5.82 Å². The van der Waals surface area contributed by atoms with Crippen LogP contribution in [0, 0.1) is 41.7 Å². The van der Waals surface area contributed by atoms with Crippen LogP contribution in [0.15, 0.2) is 23.1 Å². The molecular formula is C23H34N6O6S. The number of hydrogen-bond acceptors (Lipinski definition) is 9. The Labute approximate surface area is 210 Å². The fourth-order valence-corrected chi connectivity index (χ4v) is 6.25. The minimum Gasteiger partial charge on any atom is -0.461 e. The summed E-state index contributed by atoms with van der Waals surface area (Å²) in [6.07, 6.45) is 2.30. The third-order valence-corrected chi connectivity index (χ3v) is 8.62. The Kier molecular flexibility index (Phi) is 7.82. The summed E-state index contributed by atoms with van der Waals surface area (Å²) in [7, 11) is -4.57. The van der Waals surface area contributed by atoms with Crippen molar-refractivity contribution in [3.63, 3.8) is 0 Å². The number of aromatic nitrogens is 2. The maximum Gasteiger partial charge on any atom is 0.327 e. The molecule has 12 nitrogen and oxygen atoms in total. The smallest absolute Gasteiger partial charge is 0.327 e. The number of anilines is 2. The van der Waals surface area contributed by atoms with Crippen molar-refractivity contribution < 1.29 is 22.9 Å². The van der Waals surface area contributed by atoms with Crippen molar-refractivity contribution in [2.24, 2.45) is 17.8 Å². The van der Waals surface area contributed by atoms with Crippen LogP contribution in [0.2, 0.25) is 0 Å². The average molecular weight is 523 g/mol. The van der Waals surface area contributed by atoms with E-state index in [0.717, 1.165) is 35.3 Å². The molecule has 13 heteroatoms. The number of non-ortho nitro benzene ring substituents is 1. The Morgan fingerprint density at radius 3 is 2.56 bits per heavy atom. The van der Waals surface area contributed by atoms with Gasteiger partial charge in [0, 0.05) is 12.1 Å². The molecule has 1 fully saturated rings. The molecule has 3 unspecified atom stereocenters. The number of nitrogen functional groups attached to an aromatic ring is 2. The number of carbonyl (C=O) groups excluding carboxylic acids is 1. The van der Waals surface area contributed by atoms with Gasteiger partial charge >= 0.3 is 5.97 Å².